The molecule has 2 atom stereocenters. The highest BCUT2D eigenvalue weighted by Gasteiger charge is 2.35. The standard InChI is InChI=1S/C60H40N6S/c1-2-12-39(13-3-1)60-63-51(38-24-22-37(23-25-38)50-33-58-59(48-17-5-4-14-43(48)50)49-18-8-11-21-57(49)67-58)34-52(64-60)40-30-41(65-53-19-9-6-15-44(53)46-26-28-61-35-55(46)65)32-42(31-40)66-54-20-10-7-16-45(54)47-27-29-62-36-56(47)66/h1-22,24,26-33,35-36,51H,23,25,34H2/p+1. The van der Waals surface area contributed by atoms with Gasteiger partial charge in [0.1, 0.15) is 11.4 Å². The molecule has 1 aliphatic carbocycles. The third-order valence-electron chi connectivity index (χ3n) is 14.1. The predicted octanol–water partition coefficient (Wildman–Crippen LogP) is 14.1. The van der Waals surface area contributed by atoms with Crippen LogP contribution in [0.1, 0.15) is 36.0 Å². The SMILES string of the molecule is C1=C(c2cc3sc4ccccc4c3c3ccccc23)CCC(C2CC(c3cc(-n4c5ccccc5c5ccncc54)cc([NH+]4c5ccccc5-c5ccncc54)c3)=NC(c3ccccc3)=N2)=C1. The average molecular weight is 878 g/mol. The van der Waals surface area contributed by atoms with Gasteiger partial charge in [0.25, 0.3) is 0 Å². The van der Waals surface area contributed by atoms with Gasteiger partial charge in [-0.05, 0) is 82.8 Å². The lowest BCUT2D eigenvalue weighted by molar-refractivity contribution is -0.677. The fraction of sp³-hybridized carbons (Fsp3) is 0.0667. The van der Waals surface area contributed by atoms with Crippen molar-refractivity contribution in [2.24, 2.45) is 9.98 Å². The highest BCUT2D eigenvalue weighted by molar-refractivity contribution is 7.26. The molecular formula is C60H41N6S+. The van der Waals surface area contributed by atoms with Gasteiger partial charge in [0, 0.05) is 84.6 Å². The maximum absolute atomic E-state index is 5.50. The van der Waals surface area contributed by atoms with Gasteiger partial charge in [-0.25, -0.2) is 9.89 Å². The number of pyridine rings is 2. The van der Waals surface area contributed by atoms with Crippen LogP contribution in [0.5, 0.6) is 0 Å². The number of amidine groups is 1. The van der Waals surface area contributed by atoms with Gasteiger partial charge in [0.05, 0.1) is 46.4 Å². The Hall–Kier alpha value is -8.10. The van der Waals surface area contributed by atoms with E-state index in [0.29, 0.717) is 6.42 Å². The molecule has 7 aromatic carbocycles. The zero-order valence-corrected chi connectivity index (χ0v) is 37.2. The van der Waals surface area contributed by atoms with Crippen LogP contribution in [-0.2, 0) is 0 Å². The molecule has 11 aromatic rings. The smallest absolute Gasteiger partial charge is 0.168 e. The minimum absolute atomic E-state index is 0.0725. The molecule has 67 heavy (non-hydrogen) atoms. The summed E-state index contributed by atoms with van der Waals surface area (Å²) in [5.74, 6) is 0.769. The summed E-state index contributed by atoms with van der Waals surface area (Å²) < 4.78 is 5.05. The van der Waals surface area contributed by atoms with E-state index in [9.17, 15) is 0 Å². The van der Waals surface area contributed by atoms with Gasteiger partial charge in [-0.3, -0.25) is 15.0 Å². The first-order valence-electron chi connectivity index (χ1n) is 23.1. The quantitative estimate of drug-likeness (QED) is 0.181. The van der Waals surface area contributed by atoms with Gasteiger partial charge < -0.3 is 4.57 Å². The Kier molecular flexibility index (Phi) is 8.69. The van der Waals surface area contributed by atoms with Crippen LogP contribution in [0.15, 0.2) is 216 Å². The molecule has 2 aliphatic heterocycles. The number of hydrogen-bond acceptors (Lipinski definition) is 5. The average Bonchev–Trinajstić information content (AvgIpc) is 4.06. The van der Waals surface area contributed by atoms with Gasteiger partial charge in [0.15, 0.2) is 11.5 Å². The van der Waals surface area contributed by atoms with Crippen molar-refractivity contribution in [2.45, 2.75) is 25.3 Å². The van der Waals surface area contributed by atoms with Crippen molar-refractivity contribution in [1.29, 1.82) is 0 Å². The Morgan fingerprint density at radius 2 is 1.28 bits per heavy atom. The van der Waals surface area contributed by atoms with Crippen molar-refractivity contribution >= 4 is 98.3 Å². The van der Waals surface area contributed by atoms with E-state index in [1.54, 1.807) is 0 Å². The number of nitrogens with one attached hydrogen (secondary N) is 1. The number of rotatable bonds is 6. The first-order chi connectivity index (χ1) is 33.2. The molecular weight excluding hydrogens is 837 g/mol. The van der Waals surface area contributed by atoms with Gasteiger partial charge >= 0.3 is 0 Å². The molecule has 7 heteroatoms. The number of fused-ring (bicyclic) bond motifs is 11. The lowest BCUT2D eigenvalue weighted by atomic mass is 9.85. The lowest BCUT2D eigenvalue weighted by Gasteiger charge is -2.26. The summed E-state index contributed by atoms with van der Waals surface area (Å²) in [6.45, 7) is 0. The van der Waals surface area contributed by atoms with Crippen LogP contribution in [-0.4, -0.2) is 32.1 Å². The molecule has 4 aromatic heterocycles. The van der Waals surface area contributed by atoms with Gasteiger partial charge in [-0.2, -0.15) is 0 Å². The fourth-order valence-corrected chi connectivity index (χ4v) is 12.2. The molecule has 6 nitrogen and oxygen atoms in total. The third-order valence-corrected chi connectivity index (χ3v) is 15.2. The van der Waals surface area contributed by atoms with E-state index < -0.39 is 0 Å². The first-order valence-corrected chi connectivity index (χ1v) is 23.9. The highest BCUT2D eigenvalue weighted by Crippen LogP contribution is 2.44. The van der Waals surface area contributed by atoms with Gasteiger partial charge in [-0.15, -0.1) is 11.3 Å². The molecule has 3 aliphatic rings. The number of benzene rings is 7. The summed E-state index contributed by atoms with van der Waals surface area (Å²) in [7, 11) is 0. The Balaban J connectivity index is 0.925. The van der Waals surface area contributed by atoms with Crippen molar-refractivity contribution in [3.8, 4) is 16.8 Å². The second-order valence-corrected chi connectivity index (χ2v) is 18.9. The highest BCUT2D eigenvalue weighted by atomic mass is 32.1. The van der Waals surface area contributed by atoms with Crippen molar-refractivity contribution in [3.63, 3.8) is 0 Å². The molecule has 1 N–H and O–H groups in total. The number of nitrogens with zero attached hydrogens (tertiary/aromatic N) is 5. The summed E-state index contributed by atoms with van der Waals surface area (Å²) in [4.78, 5) is 21.5. The Morgan fingerprint density at radius 3 is 2.18 bits per heavy atom. The number of allylic oxidation sites excluding steroid dienone is 3. The molecule has 6 heterocycles. The Morgan fingerprint density at radius 1 is 0.537 bits per heavy atom. The third kappa shape index (κ3) is 6.12. The van der Waals surface area contributed by atoms with Crippen LogP contribution in [0.3, 0.4) is 0 Å². The van der Waals surface area contributed by atoms with Gasteiger partial charge in [-0.1, -0.05) is 115 Å². The van der Waals surface area contributed by atoms with Crippen LogP contribution in [0.2, 0.25) is 0 Å². The van der Waals surface area contributed by atoms with E-state index in [0.717, 1.165) is 63.6 Å². The van der Waals surface area contributed by atoms with Gasteiger partial charge in [0.2, 0.25) is 0 Å². The number of thiophene rings is 1. The molecule has 0 spiro atoms. The number of hydrogen-bond donors (Lipinski definition) is 1. The molecule has 0 bridgehead atoms. The van der Waals surface area contributed by atoms with E-state index in [2.05, 4.69) is 190 Å². The normalized spacial score (nSPS) is 16.8. The van der Waals surface area contributed by atoms with E-state index >= 15 is 0 Å². The molecule has 316 valence electrons. The Bertz CT molecular complexity index is 3880. The second kappa shape index (κ2) is 15.2. The van der Waals surface area contributed by atoms with Crippen molar-refractivity contribution < 1.29 is 4.90 Å². The topological polar surface area (TPSA) is 59.9 Å². The van der Waals surface area contributed by atoms with Crippen LogP contribution in [0.25, 0.3) is 75.1 Å². The summed E-state index contributed by atoms with van der Waals surface area (Å²) in [6.07, 6.45) is 15.1. The molecule has 2 unspecified atom stereocenters. The zero-order chi connectivity index (χ0) is 44.0. The summed E-state index contributed by atoms with van der Waals surface area (Å²) >= 11 is 1.89. The summed E-state index contributed by atoms with van der Waals surface area (Å²) in [5.41, 5.74) is 16.3. The minimum atomic E-state index is -0.0725. The monoisotopic (exact) mass is 877 g/mol. The second-order valence-electron chi connectivity index (χ2n) is 17.8. The number of aliphatic imine (C=N–C) groups is 2. The predicted molar refractivity (Wildman–Crippen MR) is 278 cm³/mol. The lowest BCUT2D eigenvalue weighted by Crippen LogP contribution is -2.95. The maximum atomic E-state index is 5.50. The Labute approximate surface area is 390 Å². The van der Waals surface area contributed by atoms with Crippen LogP contribution in [0, 0.1) is 0 Å². The number of aromatic nitrogens is 3. The largest absolute Gasteiger partial charge is 0.307 e. The summed E-state index contributed by atoms with van der Waals surface area (Å²) in [6, 6.07) is 59.4. The van der Waals surface area contributed by atoms with E-state index in [1.165, 1.54) is 80.1 Å². The molecule has 0 radical (unpaired) electrons. The van der Waals surface area contributed by atoms with Crippen molar-refractivity contribution in [2.75, 3.05) is 0 Å². The van der Waals surface area contributed by atoms with E-state index in [1.807, 2.05) is 36.1 Å². The van der Waals surface area contributed by atoms with Crippen molar-refractivity contribution in [3.05, 3.63) is 223 Å². The first kappa shape index (κ1) is 38.2. The van der Waals surface area contributed by atoms with Crippen molar-refractivity contribution in [1.82, 2.24) is 14.5 Å². The molecule has 0 fully saturated rings. The molecule has 0 saturated carbocycles. The fourth-order valence-electron chi connectivity index (χ4n) is 11.1. The summed E-state index contributed by atoms with van der Waals surface area (Å²) in [5, 5.41) is 7.71. The molecule has 14 rings (SSSR count). The number of para-hydroxylation sites is 2. The zero-order valence-electron chi connectivity index (χ0n) is 36.4. The maximum Gasteiger partial charge on any atom is 0.168 e. The molecule has 0 saturated heterocycles. The van der Waals surface area contributed by atoms with Crippen LogP contribution < -0.4 is 4.90 Å². The van der Waals surface area contributed by atoms with Crippen LogP contribution >= 0.6 is 11.3 Å². The number of quaternary nitrogens is 1. The minimum Gasteiger partial charge on any atom is -0.307 e. The van der Waals surface area contributed by atoms with E-state index in [-0.39, 0.29) is 6.04 Å². The van der Waals surface area contributed by atoms with E-state index in [4.69, 9.17) is 9.98 Å². The molecule has 0 amide bonds. The van der Waals surface area contributed by atoms with Crippen LogP contribution in [0.4, 0.5) is 17.1 Å².